The molecule has 0 saturated carbocycles. The van der Waals surface area contributed by atoms with E-state index in [1.165, 1.54) is 6.42 Å². The number of nitrogens with zero attached hydrogens (tertiary/aromatic N) is 1. The molecule has 0 aliphatic heterocycles. The van der Waals surface area contributed by atoms with Gasteiger partial charge in [0.25, 0.3) is 0 Å². The highest BCUT2D eigenvalue weighted by Crippen LogP contribution is 2.20. The molecule has 0 bridgehead atoms. The van der Waals surface area contributed by atoms with Gasteiger partial charge in [0, 0.05) is 17.6 Å². The maximum atomic E-state index is 10.8. The third kappa shape index (κ3) is 4.42. The van der Waals surface area contributed by atoms with Crippen LogP contribution in [0.1, 0.15) is 36.2 Å². The Balaban J connectivity index is 2.70. The van der Waals surface area contributed by atoms with Crippen molar-refractivity contribution in [2.24, 2.45) is 5.92 Å². The SMILES string of the molecule is CCC(C)CN(C)Cc1ccc(C(=O)O)cc1Br. The minimum Gasteiger partial charge on any atom is -0.478 e. The van der Waals surface area contributed by atoms with Gasteiger partial charge < -0.3 is 10.0 Å². The van der Waals surface area contributed by atoms with Crippen LogP contribution in [0.2, 0.25) is 0 Å². The molecular formula is C14H20BrNO2. The smallest absolute Gasteiger partial charge is 0.335 e. The molecule has 1 N–H and O–H groups in total. The van der Waals surface area contributed by atoms with E-state index in [2.05, 4.69) is 41.7 Å². The largest absolute Gasteiger partial charge is 0.478 e. The van der Waals surface area contributed by atoms with Gasteiger partial charge in [-0.25, -0.2) is 4.79 Å². The number of carboxylic acid groups (broad SMARTS) is 1. The maximum absolute atomic E-state index is 10.8. The highest BCUT2D eigenvalue weighted by molar-refractivity contribution is 9.10. The van der Waals surface area contributed by atoms with E-state index in [0.29, 0.717) is 11.5 Å². The minimum absolute atomic E-state index is 0.315. The minimum atomic E-state index is -0.893. The summed E-state index contributed by atoms with van der Waals surface area (Å²) in [6.07, 6.45) is 1.17. The number of benzene rings is 1. The van der Waals surface area contributed by atoms with Gasteiger partial charge in [0.05, 0.1) is 5.56 Å². The number of halogens is 1. The standard InChI is InChI=1S/C14H20BrNO2/c1-4-10(2)8-16(3)9-12-6-5-11(14(17)18)7-13(12)15/h5-7,10H,4,8-9H2,1-3H3,(H,17,18). The van der Waals surface area contributed by atoms with E-state index < -0.39 is 5.97 Å². The highest BCUT2D eigenvalue weighted by atomic mass is 79.9. The second-order valence-corrected chi connectivity index (χ2v) is 5.68. The number of carboxylic acids is 1. The lowest BCUT2D eigenvalue weighted by atomic mass is 10.1. The van der Waals surface area contributed by atoms with Crippen molar-refractivity contribution in [1.82, 2.24) is 4.90 Å². The fourth-order valence-corrected chi connectivity index (χ4v) is 2.33. The molecule has 18 heavy (non-hydrogen) atoms. The second-order valence-electron chi connectivity index (χ2n) is 4.82. The van der Waals surface area contributed by atoms with Crippen LogP contribution in [0.5, 0.6) is 0 Å². The average Bonchev–Trinajstić information content (AvgIpc) is 2.31. The van der Waals surface area contributed by atoms with Gasteiger partial charge in [0.1, 0.15) is 0 Å². The Kier molecular flexibility index (Phi) is 5.82. The molecule has 0 aliphatic rings. The zero-order valence-corrected chi connectivity index (χ0v) is 12.7. The molecule has 0 aromatic heterocycles. The zero-order valence-electron chi connectivity index (χ0n) is 11.1. The van der Waals surface area contributed by atoms with Crippen LogP contribution in [0.15, 0.2) is 22.7 Å². The van der Waals surface area contributed by atoms with Crippen molar-refractivity contribution in [2.45, 2.75) is 26.8 Å². The fraction of sp³-hybridized carbons (Fsp3) is 0.500. The lowest BCUT2D eigenvalue weighted by molar-refractivity contribution is 0.0697. The Bertz CT molecular complexity index is 420. The quantitative estimate of drug-likeness (QED) is 0.872. The monoisotopic (exact) mass is 313 g/mol. The van der Waals surface area contributed by atoms with E-state index in [0.717, 1.165) is 23.1 Å². The number of hydrogen-bond acceptors (Lipinski definition) is 2. The Morgan fingerprint density at radius 1 is 1.50 bits per heavy atom. The van der Waals surface area contributed by atoms with Crippen molar-refractivity contribution < 1.29 is 9.90 Å². The first kappa shape index (κ1) is 15.2. The van der Waals surface area contributed by atoms with Crippen molar-refractivity contribution in [1.29, 1.82) is 0 Å². The summed E-state index contributed by atoms with van der Waals surface area (Å²) in [5.74, 6) is -0.220. The van der Waals surface area contributed by atoms with Gasteiger partial charge >= 0.3 is 5.97 Å². The number of hydrogen-bond donors (Lipinski definition) is 1. The van der Waals surface area contributed by atoms with Gasteiger partial charge in [-0.2, -0.15) is 0 Å². The van der Waals surface area contributed by atoms with E-state index in [9.17, 15) is 4.79 Å². The molecule has 0 fully saturated rings. The van der Waals surface area contributed by atoms with Crippen molar-refractivity contribution >= 4 is 21.9 Å². The third-order valence-corrected chi connectivity index (χ3v) is 3.80. The van der Waals surface area contributed by atoms with E-state index in [1.54, 1.807) is 12.1 Å². The summed E-state index contributed by atoms with van der Waals surface area (Å²) in [6, 6.07) is 5.19. The van der Waals surface area contributed by atoms with E-state index in [1.807, 2.05) is 6.07 Å². The lowest BCUT2D eigenvalue weighted by Gasteiger charge is -2.21. The highest BCUT2D eigenvalue weighted by Gasteiger charge is 2.10. The predicted molar refractivity (Wildman–Crippen MR) is 76.9 cm³/mol. The van der Waals surface area contributed by atoms with Crippen LogP contribution < -0.4 is 0 Å². The molecule has 0 heterocycles. The first-order valence-electron chi connectivity index (χ1n) is 6.14. The summed E-state index contributed by atoms with van der Waals surface area (Å²) in [5.41, 5.74) is 1.43. The average molecular weight is 314 g/mol. The number of carbonyl (C=O) groups is 1. The number of aromatic carboxylic acids is 1. The van der Waals surface area contributed by atoms with Crippen LogP contribution in [0, 0.1) is 5.92 Å². The van der Waals surface area contributed by atoms with Gasteiger partial charge in [0.15, 0.2) is 0 Å². The molecule has 3 nitrogen and oxygen atoms in total. The molecule has 1 aromatic rings. The number of rotatable bonds is 6. The lowest BCUT2D eigenvalue weighted by Crippen LogP contribution is -2.23. The van der Waals surface area contributed by atoms with Crippen LogP contribution in [0.4, 0.5) is 0 Å². The summed E-state index contributed by atoms with van der Waals surface area (Å²) in [7, 11) is 2.09. The maximum Gasteiger partial charge on any atom is 0.335 e. The van der Waals surface area contributed by atoms with Gasteiger partial charge in [0.2, 0.25) is 0 Å². The van der Waals surface area contributed by atoms with E-state index in [4.69, 9.17) is 5.11 Å². The van der Waals surface area contributed by atoms with Crippen LogP contribution in [-0.4, -0.2) is 29.6 Å². The fourth-order valence-electron chi connectivity index (χ4n) is 1.83. The van der Waals surface area contributed by atoms with Gasteiger partial charge in [-0.15, -0.1) is 0 Å². The molecule has 1 aromatic carbocycles. The second kappa shape index (κ2) is 6.90. The molecule has 4 heteroatoms. The van der Waals surface area contributed by atoms with Crippen molar-refractivity contribution in [3.63, 3.8) is 0 Å². The molecular weight excluding hydrogens is 294 g/mol. The molecule has 1 atom stereocenters. The van der Waals surface area contributed by atoms with Crippen LogP contribution in [-0.2, 0) is 6.54 Å². The van der Waals surface area contributed by atoms with Crippen molar-refractivity contribution in [3.05, 3.63) is 33.8 Å². The van der Waals surface area contributed by atoms with Crippen LogP contribution in [0.3, 0.4) is 0 Å². The summed E-state index contributed by atoms with van der Waals surface area (Å²) in [6.45, 7) is 6.30. The molecule has 100 valence electrons. The van der Waals surface area contributed by atoms with Crippen molar-refractivity contribution in [3.8, 4) is 0 Å². The van der Waals surface area contributed by atoms with Gasteiger partial charge in [-0.3, -0.25) is 0 Å². The van der Waals surface area contributed by atoms with E-state index in [-0.39, 0.29) is 0 Å². The summed E-state index contributed by atoms with van der Waals surface area (Å²) in [5, 5.41) is 8.90. The van der Waals surface area contributed by atoms with Gasteiger partial charge in [-0.1, -0.05) is 42.3 Å². The Morgan fingerprint density at radius 3 is 2.67 bits per heavy atom. The topological polar surface area (TPSA) is 40.5 Å². The third-order valence-electron chi connectivity index (χ3n) is 3.06. The van der Waals surface area contributed by atoms with Gasteiger partial charge in [-0.05, 0) is 30.7 Å². The first-order chi connectivity index (χ1) is 8.43. The normalized spacial score (nSPS) is 12.7. The van der Waals surface area contributed by atoms with Crippen molar-refractivity contribution in [2.75, 3.05) is 13.6 Å². The molecule has 0 saturated heterocycles. The first-order valence-corrected chi connectivity index (χ1v) is 6.93. The summed E-state index contributed by atoms with van der Waals surface area (Å²) in [4.78, 5) is 13.1. The molecule has 1 rings (SSSR count). The Labute approximate surface area is 117 Å². The van der Waals surface area contributed by atoms with Crippen LogP contribution in [0.25, 0.3) is 0 Å². The zero-order chi connectivity index (χ0) is 13.7. The molecule has 0 spiro atoms. The van der Waals surface area contributed by atoms with E-state index >= 15 is 0 Å². The van der Waals surface area contributed by atoms with Crippen LogP contribution >= 0.6 is 15.9 Å². The molecule has 0 radical (unpaired) electrons. The molecule has 1 unspecified atom stereocenters. The Morgan fingerprint density at radius 2 is 2.17 bits per heavy atom. The predicted octanol–water partition coefficient (Wildman–Crippen LogP) is 3.63. The Hall–Kier alpha value is -0.870. The summed E-state index contributed by atoms with van der Waals surface area (Å²) >= 11 is 3.44. The molecule has 0 amide bonds. The summed E-state index contributed by atoms with van der Waals surface area (Å²) < 4.78 is 0.860. The molecule has 0 aliphatic carbocycles.